The molecule has 0 aliphatic heterocycles. The van der Waals surface area contributed by atoms with Crippen LogP contribution in [0.5, 0.6) is 0 Å². The highest BCUT2D eigenvalue weighted by atomic mass is 32.1. The SMILES string of the molecule is CC(C)(C)OC(=O)N[C@@H](Cn1cc(-c2ccc(-c3cn(C[C@H](NC(=O)OC(C)(C)C)C(=O)O)nn3)c3nsnc23)nn1)C(=O)O. The first-order valence-electron chi connectivity index (χ1n) is 13.5. The molecule has 0 fully saturated rings. The fraction of sp³-hybridized carbons (Fsp3) is 0.462. The number of aromatic nitrogens is 8. The summed E-state index contributed by atoms with van der Waals surface area (Å²) in [6, 6.07) is 0.759. The number of nitrogens with zero attached hydrogens (tertiary/aromatic N) is 8. The molecule has 3 heterocycles. The van der Waals surface area contributed by atoms with Crippen LogP contribution < -0.4 is 10.6 Å². The highest BCUT2D eigenvalue weighted by Gasteiger charge is 2.27. The topological polar surface area (TPSA) is 238 Å². The molecule has 2 amide bonds. The molecule has 18 nitrogen and oxygen atoms in total. The Morgan fingerprint density at radius 2 is 1.13 bits per heavy atom. The van der Waals surface area contributed by atoms with Gasteiger partial charge < -0.3 is 30.3 Å². The zero-order chi connectivity index (χ0) is 33.1. The number of fused-ring (bicyclic) bond motifs is 1. The van der Waals surface area contributed by atoms with Crippen molar-refractivity contribution < 1.29 is 38.9 Å². The van der Waals surface area contributed by atoms with E-state index in [0.717, 1.165) is 11.7 Å². The number of amides is 2. The lowest BCUT2D eigenvalue weighted by atomic mass is 10.0. The molecule has 0 spiro atoms. The van der Waals surface area contributed by atoms with E-state index in [1.165, 1.54) is 21.8 Å². The fourth-order valence-electron chi connectivity index (χ4n) is 3.95. The minimum atomic E-state index is -1.33. The predicted octanol–water partition coefficient (Wildman–Crippen LogP) is 2.16. The van der Waals surface area contributed by atoms with Crippen LogP contribution >= 0.6 is 11.7 Å². The molecule has 0 aliphatic rings. The molecular formula is C26H32N10O8S. The fourth-order valence-corrected chi connectivity index (χ4v) is 4.52. The van der Waals surface area contributed by atoms with Crippen molar-refractivity contribution in [2.75, 3.05) is 0 Å². The number of hydrogen-bond acceptors (Lipinski definition) is 13. The van der Waals surface area contributed by atoms with Gasteiger partial charge in [0, 0.05) is 11.1 Å². The Labute approximate surface area is 260 Å². The number of alkyl carbamates (subject to hydrolysis) is 2. The van der Waals surface area contributed by atoms with Crippen LogP contribution in [-0.2, 0) is 32.2 Å². The Bertz CT molecular complexity index is 1600. The summed E-state index contributed by atoms with van der Waals surface area (Å²) in [4.78, 5) is 47.8. The van der Waals surface area contributed by atoms with Crippen molar-refractivity contribution in [2.24, 2.45) is 0 Å². The third-order valence-corrected chi connectivity index (χ3v) is 6.29. The van der Waals surface area contributed by atoms with Crippen LogP contribution in [0.2, 0.25) is 0 Å². The highest BCUT2D eigenvalue weighted by Crippen LogP contribution is 2.33. The van der Waals surface area contributed by atoms with Crippen LogP contribution in [0.3, 0.4) is 0 Å². The molecule has 4 aromatic rings. The number of carbonyl (C=O) groups is 4. The first-order valence-corrected chi connectivity index (χ1v) is 14.2. The molecule has 45 heavy (non-hydrogen) atoms. The highest BCUT2D eigenvalue weighted by molar-refractivity contribution is 7.00. The number of hydrogen-bond donors (Lipinski definition) is 4. The second-order valence-electron chi connectivity index (χ2n) is 11.8. The number of carboxylic acids is 2. The van der Waals surface area contributed by atoms with E-state index in [4.69, 9.17) is 9.47 Å². The number of nitrogens with one attached hydrogen (secondary N) is 2. The molecule has 1 aromatic carbocycles. The van der Waals surface area contributed by atoms with Gasteiger partial charge in [-0.15, -0.1) is 10.2 Å². The number of benzene rings is 1. The van der Waals surface area contributed by atoms with Gasteiger partial charge in [-0.1, -0.05) is 10.4 Å². The van der Waals surface area contributed by atoms with Gasteiger partial charge in [-0.25, -0.2) is 28.5 Å². The predicted molar refractivity (Wildman–Crippen MR) is 157 cm³/mol. The molecule has 4 N–H and O–H groups in total. The third-order valence-electron chi connectivity index (χ3n) is 5.76. The molecule has 0 aliphatic carbocycles. The van der Waals surface area contributed by atoms with Gasteiger partial charge in [-0.2, -0.15) is 8.75 Å². The summed E-state index contributed by atoms with van der Waals surface area (Å²) in [7, 11) is 0. The van der Waals surface area contributed by atoms with Crippen LogP contribution in [0, 0.1) is 0 Å². The Kier molecular flexibility index (Phi) is 9.31. The molecule has 0 saturated carbocycles. The van der Waals surface area contributed by atoms with E-state index in [-0.39, 0.29) is 13.1 Å². The minimum Gasteiger partial charge on any atom is -0.480 e. The van der Waals surface area contributed by atoms with E-state index < -0.39 is 47.4 Å². The summed E-state index contributed by atoms with van der Waals surface area (Å²) >= 11 is 0.948. The summed E-state index contributed by atoms with van der Waals surface area (Å²) in [6.45, 7) is 9.53. The number of ether oxygens (including phenoxy) is 2. The van der Waals surface area contributed by atoms with Gasteiger partial charge in [0.1, 0.15) is 45.7 Å². The van der Waals surface area contributed by atoms with Gasteiger partial charge in [0.2, 0.25) is 0 Å². The first-order chi connectivity index (χ1) is 21.0. The molecule has 2 atom stereocenters. The van der Waals surface area contributed by atoms with Crippen molar-refractivity contribution in [1.29, 1.82) is 0 Å². The van der Waals surface area contributed by atoms with Gasteiger partial charge >= 0.3 is 24.1 Å². The number of carboxylic acid groups (broad SMARTS) is 2. The minimum absolute atomic E-state index is 0.221. The van der Waals surface area contributed by atoms with Crippen LogP contribution in [0.4, 0.5) is 9.59 Å². The number of aliphatic carboxylic acids is 2. The maximum atomic E-state index is 12.1. The number of carbonyl (C=O) groups excluding carboxylic acids is 2. The monoisotopic (exact) mass is 644 g/mol. The van der Waals surface area contributed by atoms with Gasteiger partial charge in [0.05, 0.1) is 37.2 Å². The van der Waals surface area contributed by atoms with Gasteiger partial charge in [0.25, 0.3) is 0 Å². The van der Waals surface area contributed by atoms with E-state index in [9.17, 15) is 29.4 Å². The molecular weight excluding hydrogens is 612 g/mol. The maximum absolute atomic E-state index is 12.1. The second kappa shape index (κ2) is 12.8. The maximum Gasteiger partial charge on any atom is 0.408 e. The third kappa shape index (κ3) is 8.68. The summed E-state index contributed by atoms with van der Waals surface area (Å²) < 4.78 is 21.6. The Balaban J connectivity index is 1.51. The molecule has 240 valence electrons. The van der Waals surface area contributed by atoms with E-state index in [1.807, 2.05) is 0 Å². The summed E-state index contributed by atoms with van der Waals surface area (Å²) in [5.74, 6) is -2.56. The van der Waals surface area contributed by atoms with E-state index >= 15 is 0 Å². The Hall–Kier alpha value is -5.20. The standard InChI is InChI=1S/C26H32N10O8S/c1-25(2,3)43-23(41)27-17(21(37)38)11-35-9-15(29-33-35)13-7-8-14(20-19(13)31-45-32-20)16-10-36(34-30-16)12-18(22(39)40)28-24(42)44-26(4,5)6/h7-10,17-18H,11-12H2,1-6H3,(H,27,41)(H,28,42)(H,37,38)(H,39,40)/t17-,18-/m0/s1. The van der Waals surface area contributed by atoms with Gasteiger partial charge in [-0.05, 0) is 53.7 Å². The molecule has 19 heteroatoms. The average Bonchev–Trinajstić information content (AvgIpc) is 3.66. The second-order valence-corrected chi connectivity index (χ2v) is 12.4. The number of rotatable bonds is 10. The van der Waals surface area contributed by atoms with Crippen molar-refractivity contribution in [2.45, 2.75) is 77.9 Å². The first kappa shape index (κ1) is 32.7. The summed E-state index contributed by atoms with van der Waals surface area (Å²) in [5.41, 5.74) is 1.19. The van der Waals surface area contributed by atoms with E-state index in [1.54, 1.807) is 53.7 Å². The van der Waals surface area contributed by atoms with Crippen molar-refractivity contribution in [3.05, 3.63) is 24.5 Å². The summed E-state index contributed by atoms with van der Waals surface area (Å²) in [5, 5.41) is 40.1. The molecule has 0 saturated heterocycles. The molecule has 0 radical (unpaired) electrons. The van der Waals surface area contributed by atoms with Gasteiger partial charge in [-0.3, -0.25) is 0 Å². The Morgan fingerprint density at radius 3 is 1.47 bits per heavy atom. The lowest BCUT2D eigenvalue weighted by Crippen LogP contribution is -2.45. The Morgan fingerprint density at radius 1 is 0.756 bits per heavy atom. The van der Waals surface area contributed by atoms with Crippen molar-refractivity contribution >= 4 is 46.9 Å². The van der Waals surface area contributed by atoms with Crippen LogP contribution in [-0.4, -0.2) is 96.4 Å². The van der Waals surface area contributed by atoms with Crippen molar-refractivity contribution in [3.63, 3.8) is 0 Å². The van der Waals surface area contributed by atoms with Gasteiger partial charge in [0.15, 0.2) is 0 Å². The lowest BCUT2D eigenvalue weighted by molar-refractivity contribution is -0.140. The molecule has 0 bridgehead atoms. The normalized spacial score (nSPS) is 13.2. The van der Waals surface area contributed by atoms with Crippen LogP contribution in [0.1, 0.15) is 41.5 Å². The largest absolute Gasteiger partial charge is 0.480 e. The molecule has 0 unspecified atom stereocenters. The average molecular weight is 645 g/mol. The van der Waals surface area contributed by atoms with Crippen LogP contribution in [0.15, 0.2) is 24.5 Å². The van der Waals surface area contributed by atoms with E-state index in [2.05, 4.69) is 40.0 Å². The zero-order valence-electron chi connectivity index (χ0n) is 25.2. The van der Waals surface area contributed by atoms with E-state index in [0.29, 0.717) is 33.5 Å². The molecule has 3 aromatic heterocycles. The molecule has 4 rings (SSSR count). The van der Waals surface area contributed by atoms with Crippen molar-refractivity contribution in [3.8, 4) is 22.5 Å². The smallest absolute Gasteiger partial charge is 0.408 e. The quantitative estimate of drug-likeness (QED) is 0.194. The zero-order valence-corrected chi connectivity index (χ0v) is 26.0. The van der Waals surface area contributed by atoms with Crippen molar-refractivity contribution in [1.82, 2.24) is 49.4 Å². The lowest BCUT2D eigenvalue weighted by Gasteiger charge is -2.21. The summed E-state index contributed by atoms with van der Waals surface area (Å²) in [6.07, 6.45) is 1.27. The van der Waals surface area contributed by atoms with Crippen LogP contribution in [0.25, 0.3) is 33.5 Å².